The summed E-state index contributed by atoms with van der Waals surface area (Å²) in [5, 5.41) is 9.76. The van der Waals surface area contributed by atoms with Crippen molar-refractivity contribution in [2.24, 2.45) is 5.92 Å². The molecule has 1 fully saturated rings. The Kier molecular flexibility index (Phi) is 6.17. The van der Waals surface area contributed by atoms with Crippen LogP contribution in [0.5, 0.6) is 5.75 Å². The third kappa shape index (κ3) is 4.77. The average molecular weight is 340 g/mol. The summed E-state index contributed by atoms with van der Waals surface area (Å²) < 4.78 is 5.97. The number of ether oxygens (including phenoxy) is 1. The van der Waals surface area contributed by atoms with Gasteiger partial charge in [-0.3, -0.25) is 0 Å². The van der Waals surface area contributed by atoms with Gasteiger partial charge in [0.25, 0.3) is 0 Å². The van der Waals surface area contributed by atoms with Gasteiger partial charge < -0.3 is 14.7 Å². The molecule has 0 aliphatic carbocycles. The van der Waals surface area contributed by atoms with Crippen molar-refractivity contribution in [2.75, 3.05) is 19.7 Å². The Hall–Kier alpha value is -1.42. The molecule has 1 aliphatic rings. The average Bonchev–Trinajstić information content (AvgIpc) is 2.49. The lowest BCUT2D eigenvalue weighted by Crippen LogP contribution is -2.37. The van der Waals surface area contributed by atoms with Crippen molar-refractivity contribution in [1.29, 1.82) is 0 Å². The Balaban J connectivity index is 1.85. The van der Waals surface area contributed by atoms with Crippen LogP contribution in [0.1, 0.15) is 50.2 Å². The quantitative estimate of drug-likeness (QED) is 0.827. The molecule has 0 unspecified atom stereocenters. The number of hydrogen-bond acceptors (Lipinski definition) is 2. The smallest absolute Gasteiger partial charge is 0.407 e. The molecule has 4 nitrogen and oxygen atoms in total. The number of aryl methyl sites for hydroxylation is 1. The van der Waals surface area contributed by atoms with E-state index in [-0.39, 0.29) is 0 Å². The number of carboxylic acid groups (broad SMARTS) is 1. The molecule has 0 atom stereocenters. The zero-order valence-electron chi connectivity index (χ0n) is 14.1. The van der Waals surface area contributed by atoms with Crippen LogP contribution in [-0.4, -0.2) is 35.8 Å². The van der Waals surface area contributed by atoms with Crippen LogP contribution in [0.3, 0.4) is 0 Å². The number of hydrogen-bond donors (Lipinski definition) is 1. The first kappa shape index (κ1) is 17.9. The third-order valence-electron chi connectivity index (χ3n) is 4.58. The highest BCUT2D eigenvalue weighted by atomic mass is 35.5. The van der Waals surface area contributed by atoms with Gasteiger partial charge in [-0.1, -0.05) is 25.4 Å². The molecular weight excluding hydrogens is 314 g/mol. The number of rotatable bonds is 5. The fourth-order valence-electron chi connectivity index (χ4n) is 3.01. The molecular formula is C18H26ClNO3. The minimum Gasteiger partial charge on any atom is -0.493 e. The van der Waals surface area contributed by atoms with E-state index in [4.69, 9.17) is 21.4 Å². The Labute approximate surface area is 143 Å². The predicted molar refractivity (Wildman–Crippen MR) is 92.7 cm³/mol. The fourth-order valence-corrected chi connectivity index (χ4v) is 3.45. The highest BCUT2D eigenvalue weighted by Crippen LogP contribution is 2.31. The van der Waals surface area contributed by atoms with Crippen molar-refractivity contribution in [2.45, 2.75) is 46.0 Å². The molecule has 128 valence electrons. The Morgan fingerprint density at radius 2 is 2.04 bits per heavy atom. The molecule has 1 amide bonds. The van der Waals surface area contributed by atoms with Crippen LogP contribution in [-0.2, 0) is 0 Å². The zero-order valence-corrected chi connectivity index (χ0v) is 14.9. The molecule has 1 aromatic carbocycles. The minimum absolute atomic E-state index is 0.366. The molecule has 0 radical (unpaired) electrons. The van der Waals surface area contributed by atoms with Crippen molar-refractivity contribution >= 4 is 17.7 Å². The van der Waals surface area contributed by atoms with Crippen LogP contribution >= 0.6 is 11.6 Å². The molecule has 1 N–H and O–H groups in total. The number of nitrogens with zero attached hydrogens (tertiary/aromatic N) is 1. The van der Waals surface area contributed by atoms with Crippen LogP contribution in [0, 0.1) is 12.8 Å². The summed E-state index contributed by atoms with van der Waals surface area (Å²) in [4.78, 5) is 12.4. The summed E-state index contributed by atoms with van der Waals surface area (Å²) in [6.07, 6.45) is 2.00. The van der Waals surface area contributed by atoms with Gasteiger partial charge in [0, 0.05) is 18.1 Å². The summed E-state index contributed by atoms with van der Waals surface area (Å²) in [5.41, 5.74) is 2.17. The van der Waals surface area contributed by atoms with E-state index >= 15 is 0 Å². The second kappa shape index (κ2) is 7.91. The molecule has 0 spiro atoms. The summed E-state index contributed by atoms with van der Waals surface area (Å²) in [6, 6.07) is 4.02. The number of amides is 1. The van der Waals surface area contributed by atoms with Crippen LogP contribution in [0.2, 0.25) is 5.02 Å². The van der Waals surface area contributed by atoms with E-state index in [1.54, 1.807) is 0 Å². The predicted octanol–water partition coefficient (Wildman–Crippen LogP) is 4.93. The molecule has 1 saturated heterocycles. The summed E-state index contributed by atoms with van der Waals surface area (Å²) in [6.45, 7) is 8.19. The maximum atomic E-state index is 10.9. The second-order valence-corrected chi connectivity index (χ2v) is 7.05. The van der Waals surface area contributed by atoms with Crippen molar-refractivity contribution < 1.29 is 14.6 Å². The normalized spacial score (nSPS) is 16.0. The fraction of sp³-hybridized carbons (Fsp3) is 0.611. The van der Waals surface area contributed by atoms with E-state index in [0.29, 0.717) is 31.5 Å². The Bertz CT molecular complexity index is 551. The Morgan fingerprint density at radius 1 is 1.39 bits per heavy atom. The van der Waals surface area contributed by atoms with Gasteiger partial charge in [-0.15, -0.1) is 0 Å². The molecule has 0 aromatic heterocycles. The van der Waals surface area contributed by atoms with Crippen molar-refractivity contribution in [3.05, 3.63) is 28.3 Å². The first-order chi connectivity index (χ1) is 10.9. The molecule has 5 heteroatoms. The first-order valence-electron chi connectivity index (χ1n) is 8.29. The van der Waals surface area contributed by atoms with Gasteiger partial charge in [-0.25, -0.2) is 4.79 Å². The van der Waals surface area contributed by atoms with Gasteiger partial charge in [0.1, 0.15) is 5.75 Å². The lowest BCUT2D eigenvalue weighted by molar-refractivity contribution is 0.119. The number of benzene rings is 1. The zero-order chi connectivity index (χ0) is 17.0. The highest BCUT2D eigenvalue weighted by molar-refractivity contribution is 6.31. The van der Waals surface area contributed by atoms with Crippen LogP contribution in [0.4, 0.5) is 4.79 Å². The van der Waals surface area contributed by atoms with Gasteiger partial charge in [0.05, 0.1) is 6.61 Å². The maximum Gasteiger partial charge on any atom is 0.407 e. The van der Waals surface area contributed by atoms with Gasteiger partial charge in [0.15, 0.2) is 0 Å². The van der Waals surface area contributed by atoms with E-state index < -0.39 is 6.09 Å². The Morgan fingerprint density at radius 3 is 2.61 bits per heavy atom. The van der Waals surface area contributed by atoms with E-state index in [0.717, 1.165) is 41.2 Å². The number of likely N-dealkylation sites (tertiary alicyclic amines) is 1. The molecule has 1 aliphatic heterocycles. The SMILES string of the molecule is Cc1cc(Cl)c(C(C)C)cc1OCCC1CCN(C(=O)O)CC1. The molecule has 2 rings (SSSR count). The molecule has 1 heterocycles. The van der Waals surface area contributed by atoms with Crippen LogP contribution in [0.15, 0.2) is 12.1 Å². The third-order valence-corrected chi connectivity index (χ3v) is 4.91. The van der Waals surface area contributed by atoms with Gasteiger partial charge in [-0.05, 0) is 61.3 Å². The number of carbonyl (C=O) groups is 1. The van der Waals surface area contributed by atoms with Crippen molar-refractivity contribution in [3.63, 3.8) is 0 Å². The van der Waals surface area contributed by atoms with Crippen LogP contribution in [0.25, 0.3) is 0 Å². The van der Waals surface area contributed by atoms with E-state index in [9.17, 15) is 4.79 Å². The molecule has 0 bridgehead atoms. The maximum absolute atomic E-state index is 10.9. The monoisotopic (exact) mass is 339 g/mol. The molecule has 0 saturated carbocycles. The standard InChI is InChI=1S/C18H26ClNO3/c1-12(2)15-11-17(13(3)10-16(15)19)23-9-6-14-4-7-20(8-5-14)18(21)22/h10-12,14H,4-9H2,1-3H3,(H,21,22). The lowest BCUT2D eigenvalue weighted by Gasteiger charge is -2.29. The summed E-state index contributed by atoms with van der Waals surface area (Å²) in [5.74, 6) is 1.81. The van der Waals surface area contributed by atoms with Crippen LogP contribution < -0.4 is 4.74 Å². The largest absolute Gasteiger partial charge is 0.493 e. The van der Waals surface area contributed by atoms with E-state index in [1.165, 1.54) is 4.90 Å². The topological polar surface area (TPSA) is 49.8 Å². The van der Waals surface area contributed by atoms with E-state index in [2.05, 4.69) is 19.9 Å². The number of piperidine rings is 1. The van der Waals surface area contributed by atoms with Crippen molar-refractivity contribution in [3.8, 4) is 5.75 Å². The van der Waals surface area contributed by atoms with Gasteiger partial charge in [-0.2, -0.15) is 0 Å². The lowest BCUT2D eigenvalue weighted by atomic mass is 9.94. The second-order valence-electron chi connectivity index (χ2n) is 6.64. The first-order valence-corrected chi connectivity index (χ1v) is 8.67. The van der Waals surface area contributed by atoms with Gasteiger partial charge in [0.2, 0.25) is 0 Å². The molecule has 1 aromatic rings. The van der Waals surface area contributed by atoms with E-state index in [1.807, 2.05) is 13.0 Å². The highest BCUT2D eigenvalue weighted by Gasteiger charge is 2.22. The minimum atomic E-state index is -0.808. The number of halogens is 1. The molecule has 23 heavy (non-hydrogen) atoms. The van der Waals surface area contributed by atoms with Gasteiger partial charge >= 0.3 is 6.09 Å². The summed E-state index contributed by atoms with van der Waals surface area (Å²) >= 11 is 6.28. The van der Waals surface area contributed by atoms with Crippen molar-refractivity contribution in [1.82, 2.24) is 4.90 Å². The summed E-state index contributed by atoms with van der Waals surface area (Å²) in [7, 11) is 0.